The summed E-state index contributed by atoms with van der Waals surface area (Å²) in [5.41, 5.74) is 5.31. The Morgan fingerprint density at radius 1 is 1.11 bits per heavy atom. The molecule has 1 aromatic rings. The predicted octanol–water partition coefficient (Wildman–Crippen LogP) is 0.401. The molecule has 1 radical (unpaired) electrons. The lowest BCUT2D eigenvalue weighted by Crippen LogP contribution is -3.00. The molecule has 18 heavy (non-hydrogen) atoms. The standard InChI is InChI=1S/C15H17NS.ClH/c1-12-6-7-13(2)14(9-12)10-17-11-15-5-3-4-8-16-15;/h3-9H,10-11H2,1-2H3;1H/q+1;/p-1. The van der Waals surface area contributed by atoms with Gasteiger partial charge in [-0.2, -0.15) is 0 Å². The third-order valence-corrected chi connectivity index (χ3v) is 3.75. The van der Waals surface area contributed by atoms with Crippen molar-refractivity contribution in [3.05, 3.63) is 58.8 Å². The van der Waals surface area contributed by atoms with Crippen LogP contribution in [-0.4, -0.2) is 12.0 Å². The molecule has 1 nitrogen and oxygen atoms in total. The fraction of sp³-hybridized carbons (Fsp3) is 0.267. The normalized spacial score (nSPS) is 13.1. The summed E-state index contributed by atoms with van der Waals surface area (Å²) in [6.07, 6.45) is 7.93. The van der Waals surface area contributed by atoms with Crippen LogP contribution >= 0.6 is 11.8 Å². The van der Waals surface area contributed by atoms with Crippen LogP contribution in [0, 0.1) is 13.8 Å². The van der Waals surface area contributed by atoms with Crippen LogP contribution in [0.5, 0.6) is 0 Å². The second kappa shape index (κ2) is 7.45. The van der Waals surface area contributed by atoms with E-state index in [1.165, 1.54) is 16.7 Å². The molecule has 0 aromatic heterocycles. The van der Waals surface area contributed by atoms with Crippen molar-refractivity contribution in [3.8, 4) is 0 Å². The molecule has 0 spiro atoms. The minimum atomic E-state index is 0. The Hall–Kier alpha value is -0.990. The zero-order chi connectivity index (χ0) is 12.1. The second-order valence-corrected chi connectivity index (χ2v) is 5.23. The van der Waals surface area contributed by atoms with E-state index in [4.69, 9.17) is 0 Å². The van der Waals surface area contributed by atoms with Gasteiger partial charge in [0.05, 0.1) is 10.7 Å². The average molecular weight is 279 g/mol. The number of hydrogen-bond donors (Lipinski definition) is 0. The number of halogens is 1. The van der Waals surface area contributed by atoms with Gasteiger partial charge >= 0.3 is 0 Å². The molecule has 1 aliphatic heterocycles. The Bertz CT molecular complexity index is 489. The quantitative estimate of drug-likeness (QED) is 0.778. The molecule has 1 aliphatic rings. The smallest absolute Gasteiger partial charge is 0.263 e. The lowest BCUT2D eigenvalue weighted by atomic mass is 10.1. The van der Waals surface area contributed by atoms with Gasteiger partial charge in [0, 0.05) is 17.9 Å². The monoisotopic (exact) mass is 278 g/mol. The van der Waals surface area contributed by atoms with Crippen LogP contribution in [0.2, 0.25) is 0 Å². The summed E-state index contributed by atoms with van der Waals surface area (Å²) in [6.45, 7) is 4.32. The summed E-state index contributed by atoms with van der Waals surface area (Å²) < 4.78 is 0. The lowest BCUT2D eigenvalue weighted by molar-refractivity contribution is -0.00000361. The number of rotatable bonds is 4. The summed E-state index contributed by atoms with van der Waals surface area (Å²) in [5.74, 6) is 2.04. The molecule has 0 amide bonds. The molecule has 2 rings (SSSR count). The minimum absolute atomic E-state index is 0. The summed E-state index contributed by atoms with van der Waals surface area (Å²) >= 11 is 1.92. The van der Waals surface area contributed by atoms with Crippen molar-refractivity contribution in [2.45, 2.75) is 19.6 Å². The van der Waals surface area contributed by atoms with Gasteiger partial charge < -0.3 is 12.4 Å². The summed E-state index contributed by atoms with van der Waals surface area (Å²) in [4.78, 5) is 4.33. The van der Waals surface area contributed by atoms with E-state index in [0.717, 1.165) is 17.2 Å². The number of nitrogens with zero attached hydrogens (tertiary/aromatic N) is 1. The number of aliphatic imine (C=N–C) groups is 1. The first-order valence-electron chi connectivity index (χ1n) is 5.79. The Morgan fingerprint density at radius 2 is 1.94 bits per heavy atom. The molecule has 3 heteroatoms. The molecule has 0 fully saturated rings. The maximum absolute atomic E-state index is 4.33. The van der Waals surface area contributed by atoms with Gasteiger partial charge in [-0.1, -0.05) is 23.8 Å². The third kappa shape index (κ3) is 4.35. The van der Waals surface area contributed by atoms with E-state index >= 15 is 0 Å². The Labute approximate surface area is 120 Å². The van der Waals surface area contributed by atoms with Gasteiger partial charge in [0.25, 0.3) is 5.70 Å². The Kier molecular flexibility index (Phi) is 6.23. The van der Waals surface area contributed by atoms with Gasteiger partial charge in [0.2, 0.25) is 6.21 Å². The zero-order valence-corrected chi connectivity index (χ0v) is 12.3. The molecule has 0 atom stereocenters. The molecule has 0 N–H and O–H groups in total. The molecular weight excluding hydrogens is 262 g/mol. The van der Waals surface area contributed by atoms with Crippen molar-refractivity contribution in [3.63, 3.8) is 0 Å². The van der Waals surface area contributed by atoms with Gasteiger partial charge in [0.1, 0.15) is 0 Å². The molecule has 0 aliphatic carbocycles. The predicted molar refractivity (Wildman–Crippen MR) is 77.5 cm³/mol. The molecule has 0 saturated heterocycles. The number of thioether (sulfide) groups is 1. The van der Waals surface area contributed by atoms with Gasteiger partial charge in [-0.15, -0.1) is 11.8 Å². The van der Waals surface area contributed by atoms with Crippen LogP contribution in [0.1, 0.15) is 16.7 Å². The van der Waals surface area contributed by atoms with E-state index in [0.29, 0.717) is 0 Å². The Morgan fingerprint density at radius 3 is 2.67 bits per heavy atom. The van der Waals surface area contributed by atoms with E-state index in [-0.39, 0.29) is 12.4 Å². The first-order valence-corrected chi connectivity index (χ1v) is 6.95. The highest BCUT2D eigenvalue weighted by Gasteiger charge is 2.08. The van der Waals surface area contributed by atoms with Crippen LogP contribution in [-0.2, 0) is 5.75 Å². The molecule has 1 aromatic carbocycles. The van der Waals surface area contributed by atoms with Gasteiger partial charge in [-0.05, 0) is 31.1 Å². The van der Waals surface area contributed by atoms with Crippen molar-refractivity contribution >= 4 is 18.0 Å². The van der Waals surface area contributed by atoms with E-state index in [1.54, 1.807) is 0 Å². The van der Waals surface area contributed by atoms with E-state index in [9.17, 15) is 0 Å². The topological polar surface area (TPSA) is 14.1 Å². The average Bonchev–Trinajstić information content (AvgIpc) is 2.35. The fourth-order valence-electron chi connectivity index (χ4n) is 1.70. The fourth-order valence-corrected chi connectivity index (χ4v) is 2.72. The Balaban J connectivity index is 0.00000162. The summed E-state index contributed by atoms with van der Waals surface area (Å²) in [7, 11) is 0. The lowest BCUT2D eigenvalue weighted by Gasteiger charge is -2.05. The number of allylic oxidation sites excluding steroid dienone is 3. The SMILES string of the molecule is Cc1ccc(C)c(CSCC2=CC=CC=[N+]2)c1.[Cl-]. The second-order valence-electron chi connectivity index (χ2n) is 4.24. The van der Waals surface area contributed by atoms with Gasteiger partial charge in [-0.25, -0.2) is 0 Å². The summed E-state index contributed by atoms with van der Waals surface area (Å²) in [6, 6.07) is 6.65. The zero-order valence-electron chi connectivity index (χ0n) is 10.7. The molecule has 0 saturated carbocycles. The van der Waals surface area contributed by atoms with Crippen molar-refractivity contribution in [2.24, 2.45) is 0 Å². The third-order valence-electron chi connectivity index (χ3n) is 2.74. The molecule has 95 valence electrons. The highest BCUT2D eigenvalue weighted by Crippen LogP contribution is 2.19. The first-order chi connectivity index (χ1) is 8.25. The largest absolute Gasteiger partial charge is 1.00 e. The van der Waals surface area contributed by atoms with E-state index in [1.807, 2.05) is 30.1 Å². The summed E-state index contributed by atoms with van der Waals surface area (Å²) in [5, 5.41) is 0. The highest BCUT2D eigenvalue weighted by molar-refractivity contribution is 7.98. The van der Waals surface area contributed by atoms with Gasteiger partial charge in [-0.3, -0.25) is 0 Å². The van der Waals surface area contributed by atoms with Crippen molar-refractivity contribution < 1.29 is 12.4 Å². The van der Waals surface area contributed by atoms with Crippen LogP contribution in [0.3, 0.4) is 0 Å². The first kappa shape index (κ1) is 15.1. The van der Waals surface area contributed by atoms with Gasteiger partial charge in [0.15, 0.2) is 0 Å². The molecular formula is C15H17ClNS. The number of hydrogen-bond acceptors (Lipinski definition) is 2. The van der Waals surface area contributed by atoms with Crippen molar-refractivity contribution in [2.75, 3.05) is 5.75 Å². The highest BCUT2D eigenvalue weighted by atomic mass is 35.5. The minimum Gasteiger partial charge on any atom is -1.00 e. The van der Waals surface area contributed by atoms with Crippen molar-refractivity contribution in [1.29, 1.82) is 0 Å². The van der Waals surface area contributed by atoms with Crippen molar-refractivity contribution in [1.82, 2.24) is 4.99 Å². The van der Waals surface area contributed by atoms with Crippen LogP contribution in [0.15, 0.2) is 42.1 Å². The maximum Gasteiger partial charge on any atom is 0.263 e. The number of aryl methyl sites for hydroxylation is 2. The number of benzene rings is 1. The van der Waals surface area contributed by atoms with Crippen LogP contribution in [0.4, 0.5) is 0 Å². The molecule has 1 heterocycles. The van der Waals surface area contributed by atoms with E-state index in [2.05, 4.69) is 43.1 Å². The molecule has 0 bridgehead atoms. The van der Waals surface area contributed by atoms with E-state index < -0.39 is 0 Å². The maximum atomic E-state index is 4.33. The molecule has 0 unspecified atom stereocenters. The van der Waals surface area contributed by atoms with Crippen LogP contribution < -0.4 is 17.4 Å². The van der Waals surface area contributed by atoms with Crippen LogP contribution in [0.25, 0.3) is 0 Å².